The normalized spacial score (nSPS) is 9.92. The Kier molecular flexibility index (Phi) is 2.80. The molecule has 0 bridgehead atoms. The van der Waals surface area contributed by atoms with Gasteiger partial charge in [0.2, 0.25) is 0 Å². The van der Waals surface area contributed by atoms with Crippen LogP contribution in [0.5, 0.6) is 0 Å². The number of thiocarbonyl (C=S) groups is 1. The number of hydrogen-bond acceptors (Lipinski definition) is 2. The van der Waals surface area contributed by atoms with Crippen molar-refractivity contribution in [2.24, 2.45) is 0 Å². The van der Waals surface area contributed by atoms with Crippen molar-refractivity contribution < 1.29 is 4.73 Å². The Morgan fingerprint density at radius 1 is 1.58 bits per heavy atom. The van der Waals surface area contributed by atoms with Gasteiger partial charge >= 0.3 is 0 Å². The van der Waals surface area contributed by atoms with Crippen molar-refractivity contribution in [2.45, 2.75) is 13.8 Å². The number of pyridine rings is 1. The average Bonchev–Trinajstić information content (AvgIpc) is 2.01. The fourth-order valence-electron chi connectivity index (χ4n) is 1.06. The van der Waals surface area contributed by atoms with Crippen molar-refractivity contribution in [3.05, 3.63) is 32.7 Å². The topological polar surface area (TPSA) is 26.9 Å². The van der Waals surface area contributed by atoms with Gasteiger partial charge in [-0.1, -0.05) is 12.2 Å². The largest absolute Gasteiger partial charge is 0.618 e. The minimum absolute atomic E-state index is 0.532. The van der Waals surface area contributed by atoms with E-state index in [9.17, 15) is 5.21 Å². The Morgan fingerprint density at radius 3 is 2.67 bits per heavy atom. The summed E-state index contributed by atoms with van der Waals surface area (Å²) in [5.74, 6) is 0. The van der Waals surface area contributed by atoms with E-state index in [0.29, 0.717) is 4.60 Å². The van der Waals surface area contributed by atoms with Crippen LogP contribution in [0.4, 0.5) is 0 Å². The summed E-state index contributed by atoms with van der Waals surface area (Å²) in [5.41, 5.74) is 2.74. The van der Waals surface area contributed by atoms with Crippen molar-refractivity contribution >= 4 is 33.5 Å². The Labute approximate surface area is 84.9 Å². The quantitative estimate of drug-likeness (QED) is 0.328. The van der Waals surface area contributed by atoms with Crippen LogP contribution < -0.4 is 4.73 Å². The van der Waals surface area contributed by atoms with Gasteiger partial charge < -0.3 is 5.21 Å². The predicted molar refractivity (Wildman–Crippen MR) is 55.3 cm³/mol. The molecule has 0 aliphatic carbocycles. The number of aromatic nitrogens is 1. The van der Waals surface area contributed by atoms with Gasteiger partial charge in [0.1, 0.15) is 0 Å². The maximum atomic E-state index is 11.2. The molecule has 1 aromatic rings. The molecule has 0 aliphatic rings. The summed E-state index contributed by atoms with van der Waals surface area (Å²) in [6, 6.07) is 0. The molecule has 4 heteroatoms. The highest BCUT2D eigenvalue weighted by Gasteiger charge is 2.11. The van der Waals surface area contributed by atoms with E-state index in [1.165, 1.54) is 6.20 Å². The number of aryl methyl sites for hydroxylation is 1. The zero-order chi connectivity index (χ0) is 9.30. The fourth-order valence-corrected chi connectivity index (χ4v) is 1.73. The summed E-state index contributed by atoms with van der Waals surface area (Å²) in [6.07, 6.45) is 1.51. The van der Waals surface area contributed by atoms with E-state index >= 15 is 0 Å². The molecular weight excluding hydrogens is 238 g/mol. The summed E-state index contributed by atoms with van der Waals surface area (Å²) in [5, 5.41) is 12.7. The third-order valence-electron chi connectivity index (χ3n) is 1.76. The third kappa shape index (κ3) is 1.49. The number of nitrogens with zero attached hydrogens (tertiary/aromatic N) is 1. The highest BCUT2D eigenvalue weighted by atomic mass is 79.9. The first-order chi connectivity index (χ1) is 5.57. The Morgan fingerprint density at radius 2 is 2.17 bits per heavy atom. The van der Waals surface area contributed by atoms with Crippen LogP contribution in [0.3, 0.4) is 0 Å². The SMILES string of the molecule is Cc1c[n+]([O-])c(Br)c(C)c1C=S. The van der Waals surface area contributed by atoms with Gasteiger partial charge in [0.25, 0.3) is 4.60 Å². The summed E-state index contributed by atoms with van der Waals surface area (Å²) in [4.78, 5) is 0. The maximum Gasteiger partial charge on any atom is 0.262 e. The number of rotatable bonds is 1. The molecule has 0 amide bonds. The lowest BCUT2D eigenvalue weighted by Gasteiger charge is -2.06. The molecule has 1 aromatic heterocycles. The minimum atomic E-state index is 0.532. The second-order valence-electron chi connectivity index (χ2n) is 2.59. The van der Waals surface area contributed by atoms with Crippen molar-refractivity contribution in [1.29, 1.82) is 0 Å². The monoisotopic (exact) mass is 245 g/mol. The van der Waals surface area contributed by atoms with E-state index in [1.807, 2.05) is 13.8 Å². The standard InChI is InChI=1S/C8H8BrNOS/c1-5-3-10(11)8(9)6(2)7(5)4-12/h3-4H,1-2H3. The first-order valence-corrected chi connectivity index (χ1v) is 4.68. The van der Waals surface area contributed by atoms with Crippen molar-refractivity contribution in [2.75, 3.05) is 0 Å². The minimum Gasteiger partial charge on any atom is -0.618 e. The van der Waals surface area contributed by atoms with Crippen molar-refractivity contribution in [3.63, 3.8) is 0 Å². The highest BCUT2D eigenvalue weighted by molar-refractivity contribution is 9.10. The molecule has 0 aliphatic heterocycles. The lowest BCUT2D eigenvalue weighted by Crippen LogP contribution is -2.29. The molecule has 0 fully saturated rings. The summed E-state index contributed by atoms with van der Waals surface area (Å²) >= 11 is 8.03. The summed E-state index contributed by atoms with van der Waals surface area (Å²) < 4.78 is 1.33. The molecule has 0 radical (unpaired) electrons. The first kappa shape index (κ1) is 9.61. The van der Waals surface area contributed by atoms with Crippen molar-refractivity contribution in [1.82, 2.24) is 0 Å². The van der Waals surface area contributed by atoms with E-state index in [4.69, 9.17) is 12.2 Å². The maximum absolute atomic E-state index is 11.2. The first-order valence-electron chi connectivity index (χ1n) is 3.42. The lowest BCUT2D eigenvalue weighted by molar-refractivity contribution is -0.618. The van der Waals surface area contributed by atoms with Crippen LogP contribution in [-0.4, -0.2) is 5.37 Å². The van der Waals surface area contributed by atoms with Gasteiger partial charge in [-0.15, -0.1) is 0 Å². The van der Waals surface area contributed by atoms with Crippen LogP contribution in [0.15, 0.2) is 10.8 Å². The fraction of sp³-hybridized carbons (Fsp3) is 0.250. The Bertz CT molecular complexity index is 338. The van der Waals surface area contributed by atoms with E-state index in [0.717, 1.165) is 21.4 Å². The second-order valence-corrected chi connectivity index (χ2v) is 3.57. The van der Waals surface area contributed by atoms with E-state index in [2.05, 4.69) is 15.9 Å². The van der Waals surface area contributed by atoms with Gasteiger partial charge in [-0.25, -0.2) is 0 Å². The molecule has 12 heavy (non-hydrogen) atoms. The van der Waals surface area contributed by atoms with Crippen molar-refractivity contribution in [3.8, 4) is 0 Å². The van der Waals surface area contributed by atoms with E-state index < -0.39 is 0 Å². The van der Waals surface area contributed by atoms with Gasteiger partial charge in [-0.05, 0) is 13.8 Å². The smallest absolute Gasteiger partial charge is 0.262 e. The molecule has 0 N–H and O–H groups in total. The zero-order valence-electron chi connectivity index (χ0n) is 6.80. The van der Waals surface area contributed by atoms with Gasteiger partial charge in [-0.3, -0.25) is 0 Å². The second kappa shape index (κ2) is 3.49. The van der Waals surface area contributed by atoms with Gasteiger partial charge in [0.05, 0.1) is 0 Å². The zero-order valence-corrected chi connectivity index (χ0v) is 9.20. The molecule has 1 rings (SSSR count). The highest BCUT2D eigenvalue weighted by Crippen LogP contribution is 2.16. The molecule has 0 aromatic carbocycles. The predicted octanol–water partition coefficient (Wildman–Crippen LogP) is 2.05. The average molecular weight is 246 g/mol. The Hall–Kier alpha value is -0.480. The van der Waals surface area contributed by atoms with Crippen LogP contribution in [0.1, 0.15) is 16.7 Å². The number of halogens is 1. The van der Waals surface area contributed by atoms with Crippen LogP contribution in [0, 0.1) is 19.1 Å². The molecular formula is C8H8BrNOS. The lowest BCUT2D eigenvalue weighted by atomic mass is 10.1. The molecule has 0 spiro atoms. The van der Waals surface area contributed by atoms with E-state index in [1.54, 1.807) is 5.37 Å². The van der Waals surface area contributed by atoms with Crippen LogP contribution in [0.2, 0.25) is 0 Å². The molecule has 0 saturated heterocycles. The van der Waals surface area contributed by atoms with Crippen LogP contribution in [-0.2, 0) is 0 Å². The van der Waals surface area contributed by atoms with Gasteiger partial charge in [0, 0.05) is 38.0 Å². The molecule has 2 nitrogen and oxygen atoms in total. The third-order valence-corrected chi connectivity index (χ3v) is 2.94. The Balaban J connectivity index is 3.51. The molecule has 0 atom stereocenters. The van der Waals surface area contributed by atoms with Crippen LogP contribution >= 0.6 is 28.1 Å². The molecule has 0 unspecified atom stereocenters. The van der Waals surface area contributed by atoms with Gasteiger partial charge in [0.15, 0.2) is 6.20 Å². The molecule has 1 heterocycles. The molecule has 0 saturated carbocycles. The summed E-state index contributed by atoms with van der Waals surface area (Å²) in [6.45, 7) is 3.73. The molecule has 64 valence electrons. The summed E-state index contributed by atoms with van der Waals surface area (Å²) in [7, 11) is 0. The van der Waals surface area contributed by atoms with E-state index in [-0.39, 0.29) is 0 Å². The van der Waals surface area contributed by atoms with Crippen LogP contribution in [0.25, 0.3) is 0 Å². The van der Waals surface area contributed by atoms with Gasteiger partial charge in [-0.2, -0.15) is 4.73 Å². The number of hydrogen-bond donors (Lipinski definition) is 0.